The summed E-state index contributed by atoms with van der Waals surface area (Å²) >= 11 is 0. The minimum atomic E-state index is -0.460. The van der Waals surface area contributed by atoms with Crippen LogP contribution in [0.3, 0.4) is 0 Å². The van der Waals surface area contributed by atoms with Gasteiger partial charge >= 0.3 is 0 Å². The molecular formula is C25H28N2O2. The number of nitrogens with zero attached hydrogens (tertiary/aromatic N) is 1. The van der Waals surface area contributed by atoms with E-state index >= 15 is 0 Å². The zero-order valence-electron chi connectivity index (χ0n) is 17.2. The Morgan fingerprint density at radius 3 is 2.72 bits per heavy atom. The number of carbonyl (C=O) groups is 1. The lowest BCUT2D eigenvalue weighted by Gasteiger charge is -2.29. The Bertz CT molecular complexity index is 1020. The molecule has 1 aromatic heterocycles. The number of hydrogen-bond donors (Lipinski definition) is 1. The van der Waals surface area contributed by atoms with Gasteiger partial charge in [-0.3, -0.25) is 9.78 Å². The summed E-state index contributed by atoms with van der Waals surface area (Å²) in [5.74, 6) is 0.836. The Labute approximate surface area is 172 Å². The number of ether oxygens (including phenoxy) is 1. The molecule has 1 saturated carbocycles. The molecule has 4 rings (SSSR count). The molecule has 1 aliphatic rings. The maximum Gasteiger partial charge on any atom is 0.235 e. The molecule has 0 unspecified atom stereocenters. The number of aromatic nitrogens is 1. The molecule has 0 spiro atoms. The Morgan fingerprint density at radius 2 is 1.97 bits per heavy atom. The number of amides is 1. The fourth-order valence-corrected chi connectivity index (χ4v) is 4.39. The highest BCUT2D eigenvalue weighted by molar-refractivity contribution is 6.06. The van der Waals surface area contributed by atoms with E-state index in [1.807, 2.05) is 24.3 Å². The van der Waals surface area contributed by atoms with Crippen LogP contribution in [0, 0.1) is 6.92 Å². The van der Waals surface area contributed by atoms with Crippen LogP contribution in [0.2, 0.25) is 0 Å². The molecule has 0 radical (unpaired) electrons. The normalized spacial score (nSPS) is 15.4. The van der Waals surface area contributed by atoms with Gasteiger partial charge in [-0.2, -0.15) is 0 Å². The standard InChI is InChI=1S/C25H28N2O2/c1-3-16-29-22-12-11-21(20-10-7-15-26-23(20)22)27-24(28)25(13-4-5-14-25)19-9-6-8-18(2)17-19/h6-12,15,17H,3-5,13-14,16H2,1-2H3,(H,27,28). The van der Waals surface area contributed by atoms with E-state index in [1.54, 1.807) is 6.20 Å². The van der Waals surface area contributed by atoms with E-state index in [0.717, 1.165) is 60.0 Å². The predicted octanol–water partition coefficient (Wildman–Crippen LogP) is 5.78. The smallest absolute Gasteiger partial charge is 0.235 e. The Morgan fingerprint density at radius 1 is 1.14 bits per heavy atom. The second kappa shape index (κ2) is 8.24. The number of nitrogens with one attached hydrogen (secondary N) is 1. The maximum atomic E-state index is 13.6. The van der Waals surface area contributed by atoms with Crippen LogP contribution in [0.5, 0.6) is 5.75 Å². The third kappa shape index (κ3) is 3.71. The summed E-state index contributed by atoms with van der Waals surface area (Å²) < 4.78 is 5.86. The first-order valence-electron chi connectivity index (χ1n) is 10.5. The van der Waals surface area contributed by atoms with E-state index in [2.05, 4.69) is 48.4 Å². The summed E-state index contributed by atoms with van der Waals surface area (Å²) in [5.41, 5.74) is 3.43. The summed E-state index contributed by atoms with van der Waals surface area (Å²) in [7, 11) is 0. The first-order valence-corrected chi connectivity index (χ1v) is 10.5. The molecule has 1 heterocycles. The summed E-state index contributed by atoms with van der Waals surface area (Å²) in [5, 5.41) is 4.14. The van der Waals surface area contributed by atoms with Gasteiger partial charge in [0.2, 0.25) is 5.91 Å². The van der Waals surface area contributed by atoms with Crippen molar-refractivity contribution in [1.82, 2.24) is 4.98 Å². The number of fused-ring (bicyclic) bond motifs is 1. The number of anilines is 1. The first kappa shape index (κ1) is 19.4. The highest BCUT2D eigenvalue weighted by Crippen LogP contribution is 2.43. The van der Waals surface area contributed by atoms with Gasteiger partial charge in [0, 0.05) is 11.6 Å². The van der Waals surface area contributed by atoms with Gasteiger partial charge in [-0.15, -0.1) is 0 Å². The van der Waals surface area contributed by atoms with Crippen molar-refractivity contribution in [2.75, 3.05) is 11.9 Å². The molecule has 1 fully saturated rings. The van der Waals surface area contributed by atoms with Crippen molar-refractivity contribution in [3.8, 4) is 5.75 Å². The fraction of sp³-hybridized carbons (Fsp3) is 0.360. The monoisotopic (exact) mass is 388 g/mol. The van der Waals surface area contributed by atoms with Crippen LogP contribution in [-0.4, -0.2) is 17.5 Å². The van der Waals surface area contributed by atoms with Crippen molar-refractivity contribution < 1.29 is 9.53 Å². The Balaban J connectivity index is 1.69. The summed E-state index contributed by atoms with van der Waals surface area (Å²) in [6.45, 7) is 4.81. The molecule has 0 atom stereocenters. The van der Waals surface area contributed by atoms with Crippen LogP contribution in [0.4, 0.5) is 5.69 Å². The maximum absolute atomic E-state index is 13.6. The highest BCUT2D eigenvalue weighted by atomic mass is 16.5. The van der Waals surface area contributed by atoms with Crippen molar-refractivity contribution in [2.45, 2.75) is 51.4 Å². The molecule has 150 valence electrons. The van der Waals surface area contributed by atoms with Crippen molar-refractivity contribution >= 4 is 22.5 Å². The number of benzene rings is 2. The number of pyridine rings is 1. The van der Waals surface area contributed by atoms with Gasteiger partial charge in [0.15, 0.2) is 0 Å². The zero-order chi connectivity index (χ0) is 20.3. The quantitative estimate of drug-likeness (QED) is 0.582. The number of rotatable bonds is 6. The molecule has 1 amide bonds. The number of hydrogen-bond acceptors (Lipinski definition) is 3. The summed E-state index contributed by atoms with van der Waals surface area (Å²) in [6.07, 6.45) is 6.62. The Kier molecular flexibility index (Phi) is 5.52. The highest BCUT2D eigenvalue weighted by Gasteiger charge is 2.42. The fourth-order valence-electron chi connectivity index (χ4n) is 4.39. The average molecular weight is 389 g/mol. The van der Waals surface area contributed by atoms with Gasteiger partial charge in [-0.05, 0) is 56.0 Å². The van der Waals surface area contributed by atoms with E-state index in [0.29, 0.717) is 6.61 Å². The molecule has 4 nitrogen and oxygen atoms in total. The lowest BCUT2D eigenvalue weighted by Crippen LogP contribution is -2.38. The molecule has 3 aromatic rings. The molecule has 29 heavy (non-hydrogen) atoms. The third-order valence-electron chi connectivity index (χ3n) is 5.90. The molecule has 0 saturated heterocycles. The van der Waals surface area contributed by atoms with Gasteiger partial charge < -0.3 is 10.1 Å². The van der Waals surface area contributed by atoms with Gasteiger partial charge in [-0.25, -0.2) is 0 Å². The van der Waals surface area contributed by atoms with Gasteiger partial charge in [-0.1, -0.05) is 49.6 Å². The minimum absolute atomic E-state index is 0.0768. The second-order valence-corrected chi connectivity index (χ2v) is 7.97. The van der Waals surface area contributed by atoms with E-state index in [4.69, 9.17) is 4.74 Å². The van der Waals surface area contributed by atoms with Crippen molar-refractivity contribution in [1.29, 1.82) is 0 Å². The minimum Gasteiger partial charge on any atom is -0.491 e. The van der Waals surface area contributed by atoms with Crippen LogP contribution in [0.25, 0.3) is 10.9 Å². The van der Waals surface area contributed by atoms with Crippen LogP contribution >= 0.6 is 0 Å². The SMILES string of the molecule is CCCOc1ccc(NC(=O)C2(c3cccc(C)c3)CCCC2)c2cccnc12. The largest absolute Gasteiger partial charge is 0.491 e. The topological polar surface area (TPSA) is 51.2 Å². The molecule has 1 aliphatic carbocycles. The predicted molar refractivity (Wildman–Crippen MR) is 117 cm³/mol. The first-order chi connectivity index (χ1) is 14.1. The Hall–Kier alpha value is -2.88. The van der Waals surface area contributed by atoms with Crippen LogP contribution in [0.1, 0.15) is 50.2 Å². The lowest BCUT2D eigenvalue weighted by molar-refractivity contribution is -0.121. The van der Waals surface area contributed by atoms with Gasteiger partial charge in [0.1, 0.15) is 11.3 Å². The molecule has 0 aliphatic heterocycles. The second-order valence-electron chi connectivity index (χ2n) is 7.97. The molecule has 1 N–H and O–H groups in total. The van der Waals surface area contributed by atoms with Crippen molar-refractivity contribution in [3.05, 3.63) is 65.9 Å². The molecule has 0 bridgehead atoms. The average Bonchev–Trinajstić information content (AvgIpc) is 3.24. The van der Waals surface area contributed by atoms with Crippen LogP contribution in [-0.2, 0) is 10.2 Å². The third-order valence-corrected chi connectivity index (χ3v) is 5.90. The van der Waals surface area contributed by atoms with E-state index < -0.39 is 5.41 Å². The zero-order valence-corrected chi connectivity index (χ0v) is 17.2. The number of carbonyl (C=O) groups excluding carboxylic acids is 1. The molecule has 4 heteroatoms. The van der Waals surface area contributed by atoms with Gasteiger partial charge in [0.25, 0.3) is 0 Å². The molecule has 2 aromatic carbocycles. The van der Waals surface area contributed by atoms with E-state index in [-0.39, 0.29) is 5.91 Å². The summed E-state index contributed by atoms with van der Waals surface area (Å²) in [4.78, 5) is 18.1. The van der Waals surface area contributed by atoms with Gasteiger partial charge in [0.05, 0.1) is 17.7 Å². The van der Waals surface area contributed by atoms with Crippen LogP contribution in [0.15, 0.2) is 54.7 Å². The lowest BCUT2D eigenvalue weighted by atomic mass is 9.77. The number of aryl methyl sites for hydroxylation is 1. The van der Waals surface area contributed by atoms with E-state index in [9.17, 15) is 4.79 Å². The molecular weight excluding hydrogens is 360 g/mol. The van der Waals surface area contributed by atoms with E-state index in [1.165, 1.54) is 5.56 Å². The van der Waals surface area contributed by atoms with Crippen LogP contribution < -0.4 is 10.1 Å². The van der Waals surface area contributed by atoms with Crippen molar-refractivity contribution in [3.63, 3.8) is 0 Å². The summed E-state index contributed by atoms with van der Waals surface area (Å²) in [6, 6.07) is 16.1. The van der Waals surface area contributed by atoms with Crippen molar-refractivity contribution in [2.24, 2.45) is 0 Å².